The Morgan fingerprint density at radius 2 is 1.28 bits per heavy atom. The highest BCUT2D eigenvalue weighted by Gasteiger charge is 2.52. The summed E-state index contributed by atoms with van der Waals surface area (Å²) in [6.45, 7) is 7.32. The second-order valence-electron chi connectivity index (χ2n) is 7.10. The number of thiocarbonyl (C=S) groups is 2. The minimum Gasteiger partial charge on any atom is -0.302 e. The van der Waals surface area contributed by atoms with E-state index in [0.717, 1.165) is 0 Å². The molecule has 1 aromatic carbocycles. The summed E-state index contributed by atoms with van der Waals surface area (Å²) in [6, 6.07) is 6.25. The molecule has 0 spiro atoms. The topological polar surface area (TPSA) is 98.8 Å². The smallest absolute Gasteiger partial charge is 0.242 e. The summed E-state index contributed by atoms with van der Waals surface area (Å²) in [6.07, 6.45) is 2.91. The molecule has 0 aliphatic carbocycles. The number of nitrogens with one attached hydrogen (secondary N) is 2. The second kappa shape index (κ2) is 9.68. The molecular weight excluding hydrogens is 472 g/mol. The predicted molar refractivity (Wildman–Crippen MR) is 126 cm³/mol. The zero-order chi connectivity index (χ0) is 23.6. The lowest BCUT2D eigenvalue weighted by Crippen LogP contribution is -2.64. The first-order valence-corrected chi connectivity index (χ1v) is 10.7. The fraction of sp³-hybridized carbons (Fsp3) is 0.238. The number of rotatable bonds is 7. The molecule has 166 valence electrons. The molecule has 11 heteroatoms. The van der Waals surface area contributed by atoms with Crippen molar-refractivity contribution >= 4 is 69.9 Å². The van der Waals surface area contributed by atoms with Gasteiger partial charge in [0.05, 0.1) is 0 Å². The number of benzene rings is 1. The Morgan fingerprint density at radius 3 is 1.66 bits per heavy atom. The van der Waals surface area contributed by atoms with Crippen LogP contribution in [0.5, 0.6) is 0 Å². The number of amides is 4. The van der Waals surface area contributed by atoms with Crippen molar-refractivity contribution in [3.63, 3.8) is 0 Å². The maximum absolute atomic E-state index is 13.4. The average Bonchev–Trinajstić information content (AvgIpc) is 2.73. The van der Waals surface area contributed by atoms with Crippen LogP contribution in [0.2, 0.25) is 5.02 Å². The van der Waals surface area contributed by atoms with Gasteiger partial charge in [0.2, 0.25) is 23.6 Å². The van der Waals surface area contributed by atoms with Gasteiger partial charge in [-0.05, 0) is 42.1 Å². The quantitative estimate of drug-likeness (QED) is 0.341. The van der Waals surface area contributed by atoms with E-state index >= 15 is 0 Å². The molecule has 1 aromatic rings. The lowest BCUT2D eigenvalue weighted by Gasteiger charge is -2.40. The summed E-state index contributed by atoms with van der Waals surface area (Å²) in [5.41, 5.74) is 0.411. The van der Waals surface area contributed by atoms with Crippen LogP contribution < -0.4 is 10.6 Å². The Labute approximate surface area is 200 Å². The average molecular weight is 491 g/mol. The zero-order valence-electron chi connectivity index (χ0n) is 16.7. The van der Waals surface area contributed by atoms with Crippen LogP contribution in [-0.2, 0) is 19.2 Å². The van der Waals surface area contributed by atoms with Gasteiger partial charge in [0.25, 0.3) is 0 Å². The first-order valence-electron chi connectivity index (χ1n) is 9.51. The Morgan fingerprint density at radius 1 is 0.875 bits per heavy atom. The van der Waals surface area contributed by atoms with Crippen LogP contribution in [0.15, 0.2) is 49.6 Å². The minimum atomic E-state index is -1.40. The molecule has 32 heavy (non-hydrogen) atoms. The minimum absolute atomic E-state index is 0.0548. The molecular formula is C21H19ClN4O4S2. The molecule has 0 saturated carbocycles. The lowest BCUT2D eigenvalue weighted by molar-refractivity contribution is -0.147. The monoisotopic (exact) mass is 490 g/mol. The molecule has 2 heterocycles. The highest BCUT2D eigenvalue weighted by atomic mass is 35.5. The van der Waals surface area contributed by atoms with E-state index in [1.807, 2.05) is 0 Å². The van der Waals surface area contributed by atoms with Gasteiger partial charge in [-0.25, -0.2) is 0 Å². The molecule has 2 atom stereocenters. The number of carbonyl (C=O) groups is 4. The van der Waals surface area contributed by atoms with E-state index in [9.17, 15) is 19.2 Å². The van der Waals surface area contributed by atoms with Gasteiger partial charge in [-0.15, -0.1) is 13.2 Å². The third-order valence-corrected chi connectivity index (χ3v) is 6.07. The van der Waals surface area contributed by atoms with Gasteiger partial charge >= 0.3 is 0 Å². The van der Waals surface area contributed by atoms with E-state index in [2.05, 4.69) is 23.8 Å². The van der Waals surface area contributed by atoms with Crippen LogP contribution >= 0.6 is 36.0 Å². The normalized spacial score (nSPS) is 21.6. The number of nitrogens with zero attached hydrogens (tertiary/aromatic N) is 2. The summed E-state index contributed by atoms with van der Waals surface area (Å²) in [7, 11) is 0. The molecule has 0 unspecified atom stereocenters. The number of hydrogen-bond acceptors (Lipinski definition) is 6. The van der Waals surface area contributed by atoms with E-state index in [-0.39, 0.29) is 23.3 Å². The summed E-state index contributed by atoms with van der Waals surface area (Å²) in [5.74, 6) is -6.63. The van der Waals surface area contributed by atoms with Gasteiger partial charge in [0, 0.05) is 24.0 Å². The van der Waals surface area contributed by atoms with Crippen molar-refractivity contribution in [1.82, 2.24) is 20.4 Å². The van der Waals surface area contributed by atoms with Gasteiger partial charge in [0.1, 0.15) is 11.8 Å². The van der Waals surface area contributed by atoms with E-state index in [4.69, 9.17) is 36.0 Å². The van der Waals surface area contributed by atoms with Crippen molar-refractivity contribution in [3.8, 4) is 0 Å². The Bertz CT molecular complexity index is 983. The first kappa shape index (κ1) is 23.7. The van der Waals surface area contributed by atoms with E-state index in [1.165, 1.54) is 22.0 Å². The third kappa shape index (κ3) is 4.34. The Hall–Kier alpha value is -2.95. The SMILES string of the molecule is C=CCN1C(=O)[C@@H](C(c2ccc(Cl)cc2)[C@H]2C(=O)NC(=S)N(CC=C)C2=O)C(=O)NC1=S. The van der Waals surface area contributed by atoms with Crippen molar-refractivity contribution in [2.45, 2.75) is 5.92 Å². The number of carbonyl (C=O) groups excluding carboxylic acids is 4. The van der Waals surface area contributed by atoms with Crippen LogP contribution in [0, 0.1) is 11.8 Å². The molecule has 0 radical (unpaired) electrons. The summed E-state index contributed by atoms with van der Waals surface area (Å²) < 4.78 is 0. The molecule has 0 bridgehead atoms. The van der Waals surface area contributed by atoms with Crippen LogP contribution in [0.1, 0.15) is 11.5 Å². The highest BCUT2D eigenvalue weighted by Crippen LogP contribution is 2.38. The molecule has 2 saturated heterocycles. The molecule has 2 N–H and O–H groups in total. The van der Waals surface area contributed by atoms with Crippen molar-refractivity contribution in [2.75, 3.05) is 13.1 Å². The van der Waals surface area contributed by atoms with Crippen molar-refractivity contribution in [2.24, 2.45) is 11.8 Å². The first-order chi connectivity index (χ1) is 15.2. The third-order valence-electron chi connectivity index (χ3n) is 5.18. The maximum atomic E-state index is 13.4. The van der Waals surface area contributed by atoms with Crippen molar-refractivity contribution in [3.05, 3.63) is 60.2 Å². The van der Waals surface area contributed by atoms with Crippen molar-refractivity contribution < 1.29 is 19.2 Å². The van der Waals surface area contributed by atoms with Crippen LogP contribution in [0.3, 0.4) is 0 Å². The molecule has 2 aliphatic rings. The Kier molecular flexibility index (Phi) is 7.17. The number of hydrogen-bond donors (Lipinski definition) is 2. The van der Waals surface area contributed by atoms with Gasteiger partial charge in [-0.2, -0.15) is 0 Å². The van der Waals surface area contributed by atoms with E-state index in [1.54, 1.807) is 24.3 Å². The zero-order valence-corrected chi connectivity index (χ0v) is 19.1. The maximum Gasteiger partial charge on any atom is 0.242 e. The van der Waals surface area contributed by atoms with Crippen molar-refractivity contribution in [1.29, 1.82) is 0 Å². The van der Waals surface area contributed by atoms with E-state index in [0.29, 0.717) is 10.6 Å². The highest BCUT2D eigenvalue weighted by molar-refractivity contribution is 7.80. The van der Waals surface area contributed by atoms with Gasteiger partial charge in [-0.3, -0.25) is 29.0 Å². The summed E-state index contributed by atoms with van der Waals surface area (Å²) in [4.78, 5) is 55.0. The summed E-state index contributed by atoms with van der Waals surface area (Å²) in [5, 5.41) is 5.26. The van der Waals surface area contributed by atoms with Gasteiger partial charge < -0.3 is 10.6 Å². The molecule has 3 rings (SSSR count). The largest absolute Gasteiger partial charge is 0.302 e. The number of halogens is 1. The van der Waals surface area contributed by atoms with E-state index < -0.39 is 41.4 Å². The lowest BCUT2D eigenvalue weighted by atomic mass is 9.73. The molecule has 4 amide bonds. The fourth-order valence-corrected chi connectivity index (χ4v) is 4.42. The van der Waals surface area contributed by atoms with Gasteiger partial charge in [-0.1, -0.05) is 35.9 Å². The predicted octanol–water partition coefficient (Wildman–Crippen LogP) is 1.51. The molecule has 2 aliphatic heterocycles. The molecule has 2 fully saturated rings. The van der Waals surface area contributed by atoms with Crippen LogP contribution in [0.4, 0.5) is 0 Å². The van der Waals surface area contributed by atoms with Crippen LogP contribution in [-0.4, -0.2) is 56.7 Å². The summed E-state index contributed by atoms with van der Waals surface area (Å²) >= 11 is 16.2. The Balaban J connectivity index is 2.15. The molecule has 8 nitrogen and oxygen atoms in total. The standard InChI is InChI=1S/C21H19ClN4O4S2/c1-3-9-25-18(29)14(16(27)23-20(25)31)13(11-5-7-12(22)8-6-11)15-17(28)24-21(32)26(10-4-2)19(15)30/h3-8,13-15H,1-2,9-10H2,(H,23,27,31)(H,24,28,32)/t14-,15-/m0/s1. The second-order valence-corrected chi connectivity index (χ2v) is 8.31. The fourth-order valence-electron chi connectivity index (χ4n) is 3.76. The van der Waals surface area contributed by atoms with Crippen LogP contribution in [0.25, 0.3) is 0 Å². The van der Waals surface area contributed by atoms with Gasteiger partial charge in [0.15, 0.2) is 10.2 Å². The molecule has 0 aromatic heterocycles.